The molecule has 2 atom stereocenters. The van der Waals surface area contributed by atoms with E-state index in [1.54, 1.807) is 19.4 Å². The van der Waals surface area contributed by atoms with Crippen LogP contribution in [0.2, 0.25) is 0 Å². The molecule has 4 fully saturated rings. The predicted octanol–water partition coefficient (Wildman–Crippen LogP) is 6.22. The maximum atomic E-state index is 16.9. The number of anilines is 1. The molecular weight excluding hydrogens is 541 g/mol. The molecule has 1 saturated carbocycles. The summed E-state index contributed by atoms with van der Waals surface area (Å²) in [5.41, 5.74) is 1.70. The number of hydrogen-bond acceptors (Lipinski definition) is 7. The fourth-order valence-electron chi connectivity index (χ4n) is 8.38. The average Bonchev–Trinajstić information content (AvgIpc) is 3.72. The van der Waals surface area contributed by atoms with Crippen molar-refractivity contribution in [2.24, 2.45) is 11.8 Å². The molecule has 3 aliphatic heterocycles. The summed E-state index contributed by atoms with van der Waals surface area (Å²) in [6.45, 7) is 4.57. The summed E-state index contributed by atoms with van der Waals surface area (Å²) in [6, 6.07) is 9.66. The van der Waals surface area contributed by atoms with Crippen LogP contribution in [0, 0.1) is 30.0 Å². The molecule has 4 aromatic rings. The van der Waals surface area contributed by atoms with Crippen LogP contribution in [0.15, 0.2) is 36.5 Å². The van der Waals surface area contributed by atoms with Gasteiger partial charge in [-0.3, -0.25) is 9.88 Å². The van der Waals surface area contributed by atoms with Gasteiger partial charge in [0.05, 0.1) is 18.0 Å². The summed E-state index contributed by atoms with van der Waals surface area (Å²) in [4.78, 5) is 19.3. The molecule has 2 bridgehead atoms. The number of terminal acetylenes is 1. The number of fused-ring (bicyclic) bond motifs is 5. The Hall–Kier alpha value is -3.96. The molecule has 43 heavy (non-hydrogen) atoms. The van der Waals surface area contributed by atoms with Crippen LogP contribution >= 0.6 is 0 Å². The van der Waals surface area contributed by atoms with E-state index in [0.29, 0.717) is 40.7 Å². The number of ether oxygens (including phenoxy) is 2. The quantitative estimate of drug-likeness (QED) is 0.252. The molecule has 0 amide bonds. The zero-order valence-corrected chi connectivity index (χ0v) is 24.6. The van der Waals surface area contributed by atoms with E-state index in [2.05, 4.69) is 15.7 Å². The van der Waals surface area contributed by atoms with Gasteiger partial charge in [-0.05, 0) is 93.5 Å². The molecule has 5 heterocycles. The summed E-state index contributed by atoms with van der Waals surface area (Å²) in [6.07, 6.45) is 16.0. The van der Waals surface area contributed by atoms with Crippen molar-refractivity contribution < 1.29 is 13.9 Å². The van der Waals surface area contributed by atoms with Crippen molar-refractivity contribution in [3.63, 3.8) is 0 Å². The van der Waals surface area contributed by atoms with E-state index >= 15 is 4.39 Å². The molecule has 220 valence electrons. The van der Waals surface area contributed by atoms with E-state index in [9.17, 15) is 0 Å². The highest BCUT2D eigenvalue weighted by atomic mass is 19.1. The fourth-order valence-corrected chi connectivity index (χ4v) is 8.38. The molecule has 0 spiro atoms. The maximum Gasteiger partial charge on any atom is 0.319 e. The molecule has 0 N–H and O–H groups in total. The van der Waals surface area contributed by atoms with E-state index in [0.717, 1.165) is 55.6 Å². The van der Waals surface area contributed by atoms with Crippen LogP contribution in [-0.2, 0) is 0 Å². The number of aromatic nitrogens is 3. The molecule has 2 unspecified atom stereocenters. The van der Waals surface area contributed by atoms with Gasteiger partial charge in [0.2, 0.25) is 0 Å². The highest BCUT2D eigenvalue weighted by Gasteiger charge is 2.45. The van der Waals surface area contributed by atoms with Crippen molar-refractivity contribution in [1.29, 1.82) is 0 Å². The monoisotopic (exact) mass is 577 g/mol. The minimum Gasteiger partial charge on any atom is -0.497 e. The van der Waals surface area contributed by atoms with Gasteiger partial charge in [0, 0.05) is 35.8 Å². The van der Waals surface area contributed by atoms with Crippen LogP contribution < -0.4 is 14.4 Å². The Morgan fingerprint density at radius 2 is 1.88 bits per heavy atom. The topological polar surface area (TPSA) is 63.6 Å². The second-order valence-corrected chi connectivity index (χ2v) is 12.9. The Bertz CT molecular complexity index is 1760. The zero-order valence-electron chi connectivity index (χ0n) is 24.6. The van der Waals surface area contributed by atoms with Crippen molar-refractivity contribution in [3.8, 4) is 35.4 Å². The molecule has 2 aromatic heterocycles. The summed E-state index contributed by atoms with van der Waals surface area (Å²) in [5, 5.41) is 2.23. The first-order valence-electron chi connectivity index (χ1n) is 15.6. The number of pyridine rings is 1. The van der Waals surface area contributed by atoms with Gasteiger partial charge in [0.1, 0.15) is 29.4 Å². The summed E-state index contributed by atoms with van der Waals surface area (Å²) in [5.74, 6) is 4.86. The van der Waals surface area contributed by atoms with Gasteiger partial charge in [-0.15, -0.1) is 6.42 Å². The third-order valence-corrected chi connectivity index (χ3v) is 10.4. The zero-order chi connectivity index (χ0) is 29.1. The number of piperidine rings is 1. The third-order valence-electron chi connectivity index (χ3n) is 10.4. The molecule has 1 aliphatic carbocycles. The fraction of sp³-hybridized carbons (Fsp3) is 0.457. The minimum absolute atomic E-state index is 0.0375. The summed E-state index contributed by atoms with van der Waals surface area (Å²) < 4.78 is 28.9. The normalized spacial score (nSPS) is 22.7. The first kappa shape index (κ1) is 26.7. The van der Waals surface area contributed by atoms with Gasteiger partial charge in [-0.25, -0.2) is 4.39 Å². The second-order valence-electron chi connectivity index (χ2n) is 12.9. The van der Waals surface area contributed by atoms with Crippen LogP contribution in [0.3, 0.4) is 0 Å². The Kier molecular flexibility index (Phi) is 6.41. The molecule has 3 saturated heterocycles. The Balaban J connectivity index is 1.28. The number of rotatable bonds is 6. The molecule has 7 nitrogen and oxygen atoms in total. The molecule has 0 radical (unpaired) electrons. The number of halogens is 1. The minimum atomic E-state index is -0.506. The SMILES string of the molecule is C#Cc1cccc2cc(OC)cc(-c3ncc4c(N5CC6CCC(C6)C5)nc(OCC56CCCN5CCC6)nc4c3F)c12. The van der Waals surface area contributed by atoms with Gasteiger partial charge in [-0.2, -0.15) is 9.97 Å². The van der Waals surface area contributed by atoms with Crippen molar-refractivity contribution in [1.82, 2.24) is 19.9 Å². The first-order valence-corrected chi connectivity index (χ1v) is 15.6. The van der Waals surface area contributed by atoms with Crippen LogP contribution in [0.4, 0.5) is 10.2 Å². The van der Waals surface area contributed by atoms with E-state index in [1.807, 2.05) is 24.3 Å². The van der Waals surface area contributed by atoms with Crippen LogP contribution in [0.25, 0.3) is 32.9 Å². The van der Waals surface area contributed by atoms with Gasteiger partial charge < -0.3 is 14.4 Å². The third kappa shape index (κ3) is 4.39. The number of benzene rings is 2. The van der Waals surface area contributed by atoms with Crippen LogP contribution in [0.5, 0.6) is 11.8 Å². The average molecular weight is 578 g/mol. The van der Waals surface area contributed by atoms with Crippen molar-refractivity contribution in [2.75, 3.05) is 44.8 Å². The number of hydrogen-bond donors (Lipinski definition) is 0. The number of nitrogens with zero attached hydrogens (tertiary/aromatic N) is 5. The van der Waals surface area contributed by atoms with Crippen molar-refractivity contribution in [3.05, 3.63) is 47.9 Å². The van der Waals surface area contributed by atoms with E-state index in [1.165, 1.54) is 32.1 Å². The molecule has 8 rings (SSSR count). The van der Waals surface area contributed by atoms with E-state index in [-0.39, 0.29) is 22.8 Å². The molecule has 2 aromatic carbocycles. The smallest absolute Gasteiger partial charge is 0.319 e. The van der Waals surface area contributed by atoms with Gasteiger partial charge in [0.25, 0.3) is 0 Å². The van der Waals surface area contributed by atoms with E-state index < -0.39 is 5.82 Å². The Morgan fingerprint density at radius 1 is 1.09 bits per heavy atom. The highest BCUT2D eigenvalue weighted by molar-refractivity contribution is 6.02. The maximum absolute atomic E-state index is 16.9. The Morgan fingerprint density at radius 3 is 2.63 bits per heavy atom. The van der Waals surface area contributed by atoms with Gasteiger partial charge in [0.15, 0.2) is 5.82 Å². The lowest BCUT2D eigenvalue weighted by molar-refractivity contribution is 0.108. The molecule has 4 aliphatic rings. The largest absolute Gasteiger partial charge is 0.497 e. The number of methoxy groups -OCH3 is 1. The lowest BCUT2D eigenvalue weighted by Gasteiger charge is -2.34. The lowest BCUT2D eigenvalue weighted by atomic mass is 9.95. The van der Waals surface area contributed by atoms with E-state index in [4.69, 9.17) is 30.8 Å². The Labute approximate surface area is 251 Å². The first-order chi connectivity index (χ1) is 21.0. The molecule has 8 heteroatoms. The predicted molar refractivity (Wildman–Crippen MR) is 166 cm³/mol. The molecular formula is C35H36FN5O2. The van der Waals surface area contributed by atoms with Gasteiger partial charge in [-0.1, -0.05) is 18.1 Å². The second kappa shape index (κ2) is 10.3. The lowest BCUT2D eigenvalue weighted by Crippen LogP contribution is -2.43. The van der Waals surface area contributed by atoms with Crippen molar-refractivity contribution >= 4 is 27.5 Å². The summed E-state index contributed by atoms with van der Waals surface area (Å²) >= 11 is 0. The van der Waals surface area contributed by atoms with Crippen LogP contribution in [-0.4, -0.2) is 65.3 Å². The summed E-state index contributed by atoms with van der Waals surface area (Å²) in [7, 11) is 1.60. The standard InChI is InChI=1S/C35H36FN5O2/c1-3-24-7-4-8-25-16-26(42-2)17-27(29(24)25)31-30(36)32-28(18-37-31)33(40-19-22-9-10-23(15-22)20-40)39-34(38-32)43-21-35-11-5-13-41(35)14-6-12-35/h1,4,7-8,16-18,22-23H,5-6,9-15,19-21H2,2H3. The van der Waals surface area contributed by atoms with Gasteiger partial charge >= 0.3 is 6.01 Å². The van der Waals surface area contributed by atoms with Crippen molar-refractivity contribution in [2.45, 2.75) is 50.5 Å². The van der Waals surface area contributed by atoms with Crippen LogP contribution in [0.1, 0.15) is 50.5 Å². The highest BCUT2D eigenvalue weighted by Crippen LogP contribution is 2.43.